The first kappa shape index (κ1) is 12.2. The van der Waals surface area contributed by atoms with Gasteiger partial charge in [-0.1, -0.05) is 0 Å². The van der Waals surface area contributed by atoms with E-state index in [1.54, 1.807) is 13.0 Å². The van der Waals surface area contributed by atoms with E-state index in [0.717, 1.165) is 18.5 Å². The summed E-state index contributed by atoms with van der Waals surface area (Å²) in [7, 11) is 0. The van der Waals surface area contributed by atoms with Crippen molar-refractivity contribution in [2.75, 3.05) is 6.54 Å². The summed E-state index contributed by atoms with van der Waals surface area (Å²) in [4.78, 5) is 0. The predicted molar refractivity (Wildman–Crippen MR) is 60.9 cm³/mol. The normalized spacial score (nSPS) is 9.06. The summed E-state index contributed by atoms with van der Waals surface area (Å²) in [6.45, 7) is 3.11. The number of halogens is 1. The van der Waals surface area contributed by atoms with E-state index in [2.05, 4.69) is 17.2 Å². The molecule has 0 aliphatic carbocycles. The van der Waals surface area contributed by atoms with Gasteiger partial charge in [0.15, 0.2) is 0 Å². The quantitative estimate of drug-likeness (QED) is 0.618. The molecule has 0 bridgehead atoms. The molecule has 2 nitrogen and oxygen atoms in total. The molecule has 0 spiro atoms. The molecule has 82 valence electrons. The molecule has 1 aromatic rings. The van der Waals surface area contributed by atoms with Crippen molar-refractivity contribution in [3.63, 3.8) is 0 Å². The topological polar surface area (TPSA) is 35.8 Å². The van der Waals surface area contributed by atoms with Crippen LogP contribution in [0.3, 0.4) is 0 Å². The van der Waals surface area contributed by atoms with Gasteiger partial charge in [0.25, 0.3) is 0 Å². The van der Waals surface area contributed by atoms with E-state index in [1.807, 2.05) is 6.07 Å². The highest BCUT2D eigenvalue weighted by atomic mass is 19.1. The number of nitrogens with zero attached hydrogens (tertiary/aromatic N) is 1. The highest BCUT2D eigenvalue weighted by Gasteiger charge is 1.99. The number of nitriles is 1. The molecule has 0 saturated carbocycles. The fraction of sp³-hybridized carbons (Fsp3) is 0.308. The molecule has 0 saturated heterocycles. The Labute approximate surface area is 95.1 Å². The van der Waals surface area contributed by atoms with Crippen molar-refractivity contribution in [1.29, 1.82) is 5.26 Å². The fourth-order valence-corrected chi connectivity index (χ4v) is 1.33. The first-order valence-corrected chi connectivity index (χ1v) is 5.06. The van der Waals surface area contributed by atoms with Crippen molar-refractivity contribution in [1.82, 2.24) is 5.32 Å². The van der Waals surface area contributed by atoms with Crippen molar-refractivity contribution < 1.29 is 4.39 Å². The average molecular weight is 216 g/mol. The number of rotatable bonds is 4. The molecular weight excluding hydrogens is 203 g/mol. The van der Waals surface area contributed by atoms with Gasteiger partial charge in [-0.15, -0.1) is 11.8 Å². The summed E-state index contributed by atoms with van der Waals surface area (Å²) >= 11 is 0. The summed E-state index contributed by atoms with van der Waals surface area (Å²) in [5.74, 6) is 5.36. The second kappa shape index (κ2) is 6.61. The van der Waals surface area contributed by atoms with Gasteiger partial charge in [0.05, 0.1) is 11.6 Å². The molecule has 1 N–H and O–H groups in total. The van der Waals surface area contributed by atoms with Crippen LogP contribution in [0.25, 0.3) is 0 Å². The summed E-state index contributed by atoms with van der Waals surface area (Å²) in [5.41, 5.74) is 1.13. The Morgan fingerprint density at radius 1 is 1.38 bits per heavy atom. The largest absolute Gasteiger partial charge is 0.312 e. The zero-order valence-electron chi connectivity index (χ0n) is 9.18. The molecule has 1 aromatic carbocycles. The van der Waals surface area contributed by atoms with Gasteiger partial charge in [0.2, 0.25) is 0 Å². The van der Waals surface area contributed by atoms with Crippen LogP contribution in [0.15, 0.2) is 18.2 Å². The van der Waals surface area contributed by atoms with Gasteiger partial charge < -0.3 is 5.32 Å². The zero-order chi connectivity index (χ0) is 11.8. The maximum atomic E-state index is 13.0. The van der Waals surface area contributed by atoms with Crippen molar-refractivity contribution >= 4 is 0 Å². The number of hydrogen-bond donors (Lipinski definition) is 1. The van der Waals surface area contributed by atoms with Gasteiger partial charge in [-0.25, -0.2) is 4.39 Å². The van der Waals surface area contributed by atoms with Gasteiger partial charge in [0, 0.05) is 19.5 Å². The van der Waals surface area contributed by atoms with E-state index in [4.69, 9.17) is 5.26 Å². The minimum absolute atomic E-state index is 0.352. The third kappa shape index (κ3) is 4.13. The van der Waals surface area contributed by atoms with Crippen LogP contribution >= 0.6 is 0 Å². The van der Waals surface area contributed by atoms with Crippen LogP contribution in [-0.2, 0) is 6.54 Å². The predicted octanol–water partition coefficient (Wildman–Crippen LogP) is 2.20. The Hall–Kier alpha value is -1.84. The molecule has 0 amide bonds. The molecule has 0 heterocycles. The van der Waals surface area contributed by atoms with Crippen LogP contribution in [-0.4, -0.2) is 6.54 Å². The lowest BCUT2D eigenvalue weighted by molar-refractivity contribution is 0.620. The molecule has 0 aliphatic rings. The first-order valence-electron chi connectivity index (χ1n) is 5.06. The maximum absolute atomic E-state index is 13.0. The van der Waals surface area contributed by atoms with Crippen LogP contribution in [0.4, 0.5) is 4.39 Å². The molecule has 0 radical (unpaired) electrons. The monoisotopic (exact) mass is 216 g/mol. The third-order valence-electron chi connectivity index (χ3n) is 2.02. The Balaban J connectivity index is 2.50. The molecule has 0 aliphatic heterocycles. The number of nitrogens with one attached hydrogen (secondary N) is 1. The van der Waals surface area contributed by atoms with E-state index in [0.29, 0.717) is 12.1 Å². The molecular formula is C13H13FN2. The molecule has 0 fully saturated rings. The molecule has 0 unspecified atom stereocenters. The third-order valence-corrected chi connectivity index (χ3v) is 2.02. The van der Waals surface area contributed by atoms with Crippen LogP contribution in [0.1, 0.15) is 24.5 Å². The maximum Gasteiger partial charge on any atom is 0.124 e. The average Bonchev–Trinajstić information content (AvgIpc) is 2.28. The van der Waals surface area contributed by atoms with Crippen molar-refractivity contribution in [3.8, 4) is 17.9 Å². The first-order chi connectivity index (χ1) is 7.76. The van der Waals surface area contributed by atoms with Gasteiger partial charge in [-0.2, -0.15) is 5.26 Å². The fourth-order valence-electron chi connectivity index (χ4n) is 1.33. The van der Waals surface area contributed by atoms with Crippen molar-refractivity contribution in [3.05, 3.63) is 35.1 Å². The standard InChI is InChI=1S/C13H13FN2/c1-2-3-4-5-16-10-12-6-11(9-15)7-13(14)8-12/h6-8,16H,4-5,10H2,1H3. The smallest absolute Gasteiger partial charge is 0.124 e. The minimum atomic E-state index is -0.371. The van der Waals surface area contributed by atoms with Crippen LogP contribution in [0, 0.1) is 29.0 Å². The zero-order valence-corrected chi connectivity index (χ0v) is 9.18. The molecule has 0 aromatic heterocycles. The van der Waals surface area contributed by atoms with E-state index in [1.165, 1.54) is 12.1 Å². The molecule has 1 rings (SSSR count). The van der Waals surface area contributed by atoms with E-state index >= 15 is 0 Å². The van der Waals surface area contributed by atoms with Crippen LogP contribution < -0.4 is 5.32 Å². The van der Waals surface area contributed by atoms with E-state index in [9.17, 15) is 4.39 Å². The molecule has 3 heteroatoms. The van der Waals surface area contributed by atoms with Crippen molar-refractivity contribution in [2.45, 2.75) is 19.9 Å². The van der Waals surface area contributed by atoms with E-state index in [-0.39, 0.29) is 5.82 Å². The highest BCUT2D eigenvalue weighted by Crippen LogP contribution is 2.08. The Morgan fingerprint density at radius 3 is 2.88 bits per heavy atom. The molecule has 0 atom stereocenters. The second-order valence-corrected chi connectivity index (χ2v) is 3.31. The van der Waals surface area contributed by atoms with Gasteiger partial charge >= 0.3 is 0 Å². The minimum Gasteiger partial charge on any atom is -0.312 e. The summed E-state index contributed by atoms with van der Waals surface area (Å²) in [6, 6.07) is 6.27. The van der Waals surface area contributed by atoms with Gasteiger partial charge in [0.1, 0.15) is 5.82 Å². The lowest BCUT2D eigenvalue weighted by Gasteiger charge is -2.03. The van der Waals surface area contributed by atoms with Gasteiger partial charge in [-0.05, 0) is 30.7 Å². The lowest BCUT2D eigenvalue weighted by atomic mass is 10.1. The summed E-state index contributed by atoms with van der Waals surface area (Å²) in [5, 5.41) is 11.8. The van der Waals surface area contributed by atoms with Crippen LogP contribution in [0.2, 0.25) is 0 Å². The number of hydrogen-bond acceptors (Lipinski definition) is 2. The summed E-state index contributed by atoms with van der Waals surface area (Å²) in [6.07, 6.45) is 0.775. The number of benzene rings is 1. The Kier molecular flexibility index (Phi) is 5.05. The second-order valence-electron chi connectivity index (χ2n) is 3.31. The lowest BCUT2D eigenvalue weighted by Crippen LogP contribution is -2.14. The van der Waals surface area contributed by atoms with Crippen LogP contribution in [0.5, 0.6) is 0 Å². The van der Waals surface area contributed by atoms with Gasteiger partial charge in [-0.3, -0.25) is 0 Å². The SMILES string of the molecule is CC#CCCNCc1cc(F)cc(C#N)c1. The Morgan fingerprint density at radius 2 is 2.19 bits per heavy atom. The molecule has 16 heavy (non-hydrogen) atoms. The summed E-state index contributed by atoms with van der Waals surface area (Å²) < 4.78 is 13.0. The highest BCUT2D eigenvalue weighted by molar-refractivity contribution is 5.33. The van der Waals surface area contributed by atoms with Crippen molar-refractivity contribution in [2.24, 2.45) is 0 Å². The Bertz CT molecular complexity index is 449. The van der Waals surface area contributed by atoms with E-state index < -0.39 is 0 Å².